The number of hydrogen-bond donors (Lipinski definition) is 5. The van der Waals surface area contributed by atoms with Gasteiger partial charge in [-0.05, 0) is 6.42 Å². The second-order valence-electron chi connectivity index (χ2n) is 9.93. The van der Waals surface area contributed by atoms with Gasteiger partial charge in [0.25, 0.3) is 0 Å². The van der Waals surface area contributed by atoms with Gasteiger partial charge in [0.1, 0.15) is 23.7 Å². The highest BCUT2D eigenvalue weighted by Crippen LogP contribution is 2.52. The maximum Gasteiger partial charge on any atom is 0.199 e. The number of benzene rings is 2. The third-order valence-corrected chi connectivity index (χ3v) is 8.71. The Kier molecular flexibility index (Phi) is 9.11. The van der Waals surface area contributed by atoms with Crippen molar-refractivity contribution in [3.63, 3.8) is 0 Å². The molecule has 2 aromatic rings. The number of phenolic OH excluding ortho intramolecular Hbond substituents is 2. The van der Waals surface area contributed by atoms with Gasteiger partial charge in [-0.3, -0.25) is 19.2 Å². The van der Waals surface area contributed by atoms with Crippen molar-refractivity contribution in [2.24, 2.45) is 5.73 Å². The number of Topliss-reactive ketones (excluding diaryl/α,β-unsaturated/α-hetero) is 1. The van der Waals surface area contributed by atoms with Crippen LogP contribution >= 0.6 is 22.6 Å². The Bertz CT molecular complexity index is 1440. The van der Waals surface area contributed by atoms with Crippen LogP contribution in [0.25, 0.3) is 0 Å². The molecule has 5 atom stereocenters. The number of halogens is 1. The Hall–Kier alpha value is -3.01. The third kappa shape index (κ3) is 5.24. The first-order valence-electron chi connectivity index (χ1n) is 12.9. The standard InChI is InChI=1S/C29H30INO10/c1-3-17(16(30)10-31)40-20(4-2)41-18-9-29(39,19(34)12-33)8-15-22(18)28(38)24-23(26(15)36)25(35)14-7-5-6-13(11-32)21(14)27(24)37/h3,5-7,11,16-18,20,33,36,38-39H,1,4,8-10,12,31H2,2H3/t16?,17?,18-,20?,29-/m0/s1. The van der Waals surface area contributed by atoms with E-state index in [1.54, 1.807) is 13.0 Å². The quantitative estimate of drug-likeness (QED) is 0.0498. The molecule has 0 fully saturated rings. The van der Waals surface area contributed by atoms with E-state index in [1.165, 1.54) is 18.2 Å². The molecule has 0 spiro atoms. The Morgan fingerprint density at radius 2 is 1.90 bits per heavy atom. The van der Waals surface area contributed by atoms with Gasteiger partial charge in [-0.2, -0.15) is 0 Å². The molecule has 0 bridgehead atoms. The van der Waals surface area contributed by atoms with E-state index >= 15 is 0 Å². The second-order valence-corrected chi connectivity index (χ2v) is 11.5. The van der Waals surface area contributed by atoms with Gasteiger partial charge in [-0.15, -0.1) is 6.58 Å². The molecular weight excluding hydrogens is 649 g/mol. The molecule has 218 valence electrons. The Morgan fingerprint density at radius 3 is 2.49 bits per heavy atom. The van der Waals surface area contributed by atoms with Crippen LogP contribution in [0.1, 0.15) is 79.2 Å². The minimum absolute atomic E-state index is 0.0676. The number of aliphatic hydroxyl groups excluding tert-OH is 1. The molecule has 0 saturated carbocycles. The van der Waals surface area contributed by atoms with Crippen LogP contribution in [0.2, 0.25) is 0 Å². The molecule has 3 unspecified atom stereocenters. The zero-order chi connectivity index (χ0) is 30.2. The summed E-state index contributed by atoms with van der Waals surface area (Å²) in [6.45, 7) is 4.75. The lowest BCUT2D eigenvalue weighted by Crippen LogP contribution is -2.48. The average molecular weight is 679 g/mol. The number of phenols is 2. The zero-order valence-corrected chi connectivity index (χ0v) is 24.3. The van der Waals surface area contributed by atoms with Gasteiger partial charge in [0.05, 0.1) is 27.3 Å². The van der Waals surface area contributed by atoms with Crippen molar-refractivity contribution >= 4 is 46.2 Å². The highest BCUT2D eigenvalue weighted by atomic mass is 127. The number of carbonyl (C=O) groups excluding carboxylic acids is 4. The van der Waals surface area contributed by atoms with Crippen LogP contribution in [0.15, 0.2) is 30.9 Å². The lowest BCUT2D eigenvalue weighted by atomic mass is 9.71. The minimum atomic E-state index is -2.24. The molecule has 0 aromatic heterocycles. The van der Waals surface area contributed by atoms with Gasteiger partial charge in [0.2, 0.25) is 0 Å². The molecular formula is C29H30INO10. The minimum Gasteiger partial charge on any atom is -0.507 e. The molecule has 6 N–H and O–H groups in total. The molecule has 2 aromatic carbocycles. The summed E-state index contributed by atoms with van der Waals surface area (Å²) in [6.07, 6.45) is -1.68. The number of hydrogen-bond acceptors (Lipinski definition) is 11. The molecule has 0 radical (unpaired) electrons. The predicted octanol–water partition coefficient (Wildman–Crippen LogP) is 2.05. The highest BCUT2D eigenvalue weighted by Gasteiger charge is 2.49. The fourth-order valence-corrected chi connectivity index (χ4v) is 5.85. The number of alkyl halides is 1. The molecule has 0 saturated heterocycles. The molecule has 41 heavy (non-hydrogen) atoms. The first-order chi connectivity index (χ1) is 19.5. The summed E-state index contributed by atoms with van der Waals surface area (Å²) in [5, 5.41) is 43.8. The molecule has 2 aliphatic carbocycles. The van der Waals surface area contributed by atoms with Crippen molar-refractivity contribution in [3.8, 4) is 11.5 Å². The number of aromatic hydroxyl groups is 2. The molecule has 4 rings (SSSR count). The fourth-order valence-electron chi connectivity index (χ4n) is 5.39. The van der Waals surface area contributed by atoms with Gasteiger partial charge in [-0.25, -0.2) is 0 Å². The van der Waals surface area contributed by atoms with Crippen LogP contribution in [0.3, 0.4) is 0 Å². The van der Waals surface area contributed by atoms with Gasteiger partial charge < -0.3 is 35.6 Å². The highest BCUT2D eigenvalue weighted by molar-refractivity contribution is 14.1. The van der Waals surface area contributed by atoms with Crippen LogP contribution in [0.5, 0.6) is 11.5 Å². The summed E-state index contributed by atoms with van der Waals surface area (Å²) < 4.78 is 12.0. The molecule has 12 heteroatoms. The van der Waals surface area contributed by atoms with Gasteiger partial charge in [0.15, 0.2) is 29.9 Å². The van der Waals surface area contributed by atoms with Crippen molar-refractivity contribution in [1.82, 2.24) is 0 Å². The Morgan fingerprint density at radius 1 is 1.22 bits per heavy atom. The van der Waals surface area contributed by atoms with Crippen molar-refractivity contribution < 1.29 is 49.1 Å². The number of aldehydes is 1. The van der Waals surface area contributed by atoms with Crippen LogP contribution in [-0.2, 0) is 20.7 Å². The smallest absolute Gasteiger partial charge is 0.199 e. The third-order valence-electron chi connectivity index (χ3n) is 7.49. The van der Waals surface area contributed by atoms with E-state index in [1.807, 2.05) is 0 Å². The van der Waals surface area contributed by atoms with Crippen molar-refractivity contribution in [3.05, 3.63) is 69.8 Å². The number of ketones is 3. The average Bonchev–Trinajstić information content (AvgIpc) is 2.97. The van der Waals surface area contributed by atoms with E-state index < -0.39 is 83.5 Å². The predicted molar refractivity (Wildman–Crippen MR) is 154 cm³/mol. The number of rotatable bonds is 11. The van der Waals surface area contributed by atoms with Crippen molar-refractivity contribution in [2.75, 3.05) is 13.2 Å². The largest absolute Gasteiger partial charge is 0.507 e. The zero-order valence-electron chi connectivity index (χ0n) is 22.1. The van der Waals surface area contributed by atoms with Crippen LogP contribution in [-0.4, -0.2) is 79.1 Å². The molecule has 0 heterocycles. The summed E-state index contributed by atoms with van der Waals surface area (Å²) in [7, 11) is 0. The Labute approximate surface area is 249 Å². The lowest BCUT2D eigenvalue weighted by molar-refractivity contribution is -0.202. The second kappa shape index (κ2) is 12.1. The SMILES string of the molecule is C=CC(OC(CC)O[C@H]1C[C@](O)(C(=O)CO)Cc2c(O)c3c(c(O)c21)C(=O)c1c(C=O)cccc1C3=O)C(I)CN. The van der Waals surface area contributed by atoms with Crippen molar-refractivity contribution in [1.29, 1.82) is 0 Å². The van der Waals surface area contributed by atoms with E-state index in [0.717, 1.165) is 0 Å². The number of ether oxygens (including phenoxy) is 2. The number of carbonyl (C=O) groups is 4. The fraction of sp³-hybridized carbons (Fsp3) is 0.379. The van der Waals surface area contributed by atoms with E-state index in [-0.39, 0.29) is 44.7 Å². The van der Waals surface area contributed by atoms with E-state index in [0.29, 0.717) is 6.29 Å². The van der Waals surface area contributed by atoms with Gasteiger partial charge >= 0.3 is 0 Å². The number of fused-ring (bicyclic) bond motifs is 3. The van der Waals surface area contributed by atoms with Gasteiger partial charge in [-0.1, -0.05) is 53.8 Å². The molecule has 0 amide bonds. The monoisotopic (exact) mass is 679 g/mol. The van der Waals surface area contributed by atoms with Crippen LogP contribution in [0, 0.1) is 0 Å². The van der Waals surface area contributed by atoms with Crippen LogP contribution in [0.4, 0.5) is 0 Å². The van der Waals surface area contributed by atoms with Gasteiger partial charge in [0, 0.05) is 47.2 Å². The first-order valence-corrected chi connectivity index (χ1v) is 14.1. The van der Waals surface area contributed by atoms with Crippen molar-refractivity contribution in [2.45, 2.75) is 54.2 Å². The summed E-state index contributed by atoms with van der Waals surface area (Å²) >= 11 is 2.09. The Balaban J connectivity index is 1.91. The normalized spacial score (nSPS) is 21.7. The van der Waals surface area contributed by atoms with Crippen LogP contribution < -0.4 is 5.73 Å². The summed E-state index contributed by atoms with van der Waals surface area (Å²) in [6, 6.07) is 4.08. The summed E-state index contributed by atoms with van der Waals surface area (Å²) in [5.41, 5.74) is 1.75. The number of aliphatic hydroxyl groups is 2. The number of nitrogens with two attached hydrogens (primary N) is 1. The lowest BCUT2D eigenvalue weighted by Gasteiger charge is -2.40. The van der Waals surface area contributed by atoms with E-state index in [9.17, 15) is 39.6 Å². The maximum absolute atomic E-state index is 13.6. The molecule has 11 nitrogen and oxygen atoms in total. The molecule has 0 aliphatic heterocycles. The first kappa shape index (κ1) is 30.9. The van der Waals surface area contributed by atoms with E-state index in [2.05, 4.69) is 29.2 Å². The topological polar surface area (TPSA) is 194 Å². The summed E-state index contributed by atoms with van der Waals surface area (Å²) in [5.74, 6) is -4.06. The van der Waals surface area contributed by atoms with E-state index in [4.69, 9.17) is 15.2 Å². The summed E-state index contributed by atoms with van der Waals surface area (Å²) in [4.78, 5) is 51.5. The molecule has 2 aliphatic rings. The maximum atomic E-state index is 13.6.